The van der Waals surface area contributed by atoms with Crippen LogP contribution in [-0.2, 0) is 14.4 Å². The van der Waals surface area contributed by atoms with E-state index in [0.717, 1.165) is 19.3 Å². The van der Waals surface area contributed by atoms with Gasteiger partial charge in [0.15, 0.2) is 0 Å². The second kappa shape index (κ2) is 5.98. The Labute approximate surface area is 84.9 Å². The van der Waals surface area contributed by atoms with Gasteiger partial charge in [-0.15, -0.1) is 0 Å². The van der Waals surface area contributed by atoms with Gasteiger partial charge in [-0.3, -0.25) is 9.63 Å². The molecule has 0 aromatic carbocycles. The van der Waals surface area contributed by atoms with E-state index in [-0.39, 0.29) is 12.0 Å². The number of hydroxylamine groups is 1. The predicted octanol–water partition coefficient (Wildman–Crippen LogP) is 1.26. The minimum absolute atomic E-state index is 0.148. The van der Waals surface area contributed by atoms with Gasteiger partial charge in [-0.25, -0.2) is 5.48 Å². The number of nitrogens with one attached hydrogen (secondary N) is 1. The summed E-state index contributed by atoms with van der Waals surface area (Å²) in [6.07, 6.45) is 2.60. The average molecular weight is 201 g/mol. The van der Waals surface area contributed by atoms with E-state index in [2.05, 4.69) is 5.48 Å². The maximum Gasteiger partial charge on any atom is 0.272 e. The van der Waals surface area contributed by atoms with Crippen LogP contribution in [0.25, 0.3) is 0 Å². The first-order chi connectivity index (χ1) is 6.70. The van der Waals surface area contributed by atoms with Crippen LogP contribution >= 0.6 is 0 Å². The van der Waals surface area contributed by atoms with Crippen molar-refractivity contribution in [2.75, 3.05) is 13.2 Å². The van der Waals surface area contributed by atoms with Crippen molar-refractivity contribution in [2.24, 2.45) is 5.92 Å². The van der Waals surface area contributed by atoms with Crippen molar-refractivity contribution in [3.8, 4) is 0 Å². The van der Waals surface area contributed by atoms with Crippen LogP contribution in [0, 0.1) is 5.92 Å². The topological polar surface area (TPSA) is 47.6 Å². The van der Waals surface area contributed by atoms with Crippen molar-refractivity contribution < 1.29 is 14.4 Å². The molecule has 1 rings (SSSR count). The lowest BCUT2D eigenvalue weighted by atomic mass is 10.1. The summed E-state index contributed by atoms with van der Waals surface area (Å²) in [5, 5.41) is 0. The lowest BCUT2D eigenvalue weighted by Gasteiger charge is -2.21. The Balaban J connectivity index is 2.13. The lowest BCUT2D eigenvalue weighted by Crippen LogP contribution is -2.38. The molecule has 1 aliphatic heterocycles. The van der Waals surface area contributed by atoms with Crippen molar-refractivity contribution >= 4 is 5.91 Å². The molecular weight excluding hydrogens is 182 g/mol. The van der Waals surface area contributed by atoms with Crippen molar-refractivity contribution in [2.45, 2.75) is 39.2 Å². The molecule has 0 aromatic heterocycles. The van der Waals surface area contributed by atoms with Crippen LogP contribution in [-0.4, -0.2) is 25.2 Å². The number of carbonyl (C=O) groups is 1. The number of hydrogen-bond acceptors (Lipinski definition) is 3. The van der Waals surface area contributed by atoms with E-state index in [1.165, 1.54) is 0 Å². The summed E-state index contributed by atoms with van der Waals surface area (Å²) in [4.78, 5) is 16.4. The van der Waals surface area contributed by atoms with Crippen molar-refractivity contribution in [1.82, 2.24) is 5.48 Å². The Hall–Kier alpha value is -0.610. The highest BCUT2D eigenvalue weighted by Gasteiger charge is 2.21. The maximum atomic E-state index is 11.4. The molecule has 1 unspecified atom stereocenters. The predicted molar refractivity (Wildman–Crippen MR) is 52.5 cm³/mol. The molecule has 1 amide bonds. The molecule has 1 N–H and O–H groups in total. The van der Waals surface area contributed by atoms with E-state index in [1.54, 1.807) is 0 Å². The number of amides is 1. The monoisotopic (exact) mass is 201 g/mol. The number of ether oxygens (including phenoxy) is 1. The van der Waals surface area contributed by atoms with Gasteiger partial charge in [0.05, 0.1) is 6.61 Å². The standard InChI is InChI=1S/C10H19NO3/c1-8(2)7-14-11-10(12)9-5-3-4-6-13-9/h8-9H,3-7H2,1-2H3,(H,11,12). The van der Waals surface area contributed by atoms with Gasteiger partial charge < -0.3 is 4.74 Å². The zero-order valence-electron chi connectivity index (χ0n) is 8.91. The Bertz CT molecular complexity index is 176. The summed E-state index contributed by atoms with van der Waals surface area (Å²) >= 11 is 0. The lowest BCUT2D eigenvalue weighted by molar-refractivity contribution is -0.149. The van der Waals surface area contributed by atoms with E-state index >= 15 is 0 Å². The minimum Gasteiger partial charge on any atom is -0.368 e. The molecule has 0 radical (unpaired) electrons. The van der Waals surface area contributed by atoms with Gasteiger partial charge in [0, 0.05) is 6.61 Å². The molecule has 1 heterocycles. The molecule has 14 heavy (non-hydrogen) atoms. The largest absolute Gasteiger partial charge is 0.368 e. The molecule has 1 saturated heterocycles. The summed E-state index contributed by atoms with van der Waals surface area (Å²) in [6.45, 7) is 5.28. The first-order valence-electron chi connectivity index (χ1n) is 5.23. The van der Waals surface area contributed by atoms with Crippen LogP contribution in [0.2, 0.25) is 0 Å². The second-order valence-corrected chi connectivity index (χ2v) is 4.03. The van der Waals surface area contributed by atoms with Gasteiger partial charge in [0.2, 0.25) is 0 Å². The highest BCUT2D eigenvalue weighted by atomic mass is 16.7. The fraction of sp³-hybridized carbons (Fsp3) is 0.900. The fourth-order valence-corrected chi connectivity index (χ4v) is 1.29. The van der Waals surface area contributed by atoms with Crippen LogP contribution in [0.3, 0.4) is 0 Å². The number of hydrogen-bond donors (Lipinski definition) is 1. The Morgan fingerprint density at radius 3 is 2.93 bits per heavy atom. The van der Waals surface area contributed by atoms with E-state index < -0.39 is 0 Å². The molecule has 0 saturated carbocycles. The van der Waals surface area contributed by atoms with Crippen molar-refractivity contribution in [1.29, 1.82) is 0 Å². The van der Waals surface area contributed by atoms with Gasteiger partial charge in [-0.1, -0.05) is 13.8 Å². The van der Waals surface area contributed by atoms with E-state index in [9.17, 15) is 4.79 Å². The quantitative estimate of drug-likeness (QED) is 0.696. The summed E-state index contributed by atoms with van der Waals surface area (Å²) in [6, 6.07) is 0. The molecule has 82 valence electrons. The van der Waals surface area contributed by atoms with Gasteiger partial charge in [-0.05, 0) is 25.2 Å². The number of rotatable bonds is 4. The SMILES string of the molecule is CC(C)CONC(=O)C1CCCCO1. The summed E-state index contributed by atoms with van der Waals surface area (Å²) in [5.74, 6) is 0.271. The molecule has 1 atom stereocenters. The average Bonchev–Trinajstić information content (AvgIpc) is 2.18. The highest BCUT2D eigenvalue weighted by molar-refractivity contribution is 5.79. The Morgan fingerprint density at radius 1 is 1.57 bits per heavy atom. The normalized spacial score (nSPS) is 22.4. The van der Waals surface area contributed by atoms with Crippen molar-refractivity contribution in [3.63, 3.8) is 0 Å². The van der Waals surface area contributed by atoms with Crippen molar-refractivity contribution in [3.05, 3.63) is 0 Å². The number of carbonyl (C=O) groups excluding carboxylic acids is 1. The Kier molecular flexibility index (Phi) is 4.90. The van der Waals surface area contributed by atoms with Crippen LogP contribution in [0.1, 0.15) is 33.1 Å². The van der Waals surface area contributed by atoms with Crippen LogP contribution < -0.4 is 5.48 Å². The smallest absolute Gasteiger partial charge is 0.272 e. The van der Waals surface area contributed by atoms with E-state index in [4.69, 9.17) is 9.57 Å². The first-order valence-corrected chi connectivity index (χ1v) is 5.23. The summed E-state index contributed by atoms with van der Waals surface area (Å²) in [5.41, 5.74) is 2.42. The second-order valence-electron chi connectivity index (χ2n) is 4.03. The third kappa shape index (κ3) is 4.07. The third-order valence-electron chi connectivity index (χ3n) is 2.06. The zero-order valence-corrected chi connectivity index (χ0v) is 8.91. The molecule has 1 fully saturated rings. The third-order valence-corrected chi connectivity index (χ3v) is 2.06. The minimum atomic E-state index is -0.309. The summed E-state index contributed by atoms with van der Waals surface area (Å²) in [7, 11) is 0. The maximum absolute atomic E-state index is 11.4. The van der Waals surface area contributed by atoms with Crippen LogP contribution in [0.4, 0.5) is 0 Å². The van der Waals surface area contributed by atoms with E-state index in [0.29, 0.717) is 19.1 Å². The molecule has 4 nitrogen and oxygen atoms in total. The fourth-order valence-electron chi connectivity index (χ4n) is 1.29. The van der Waals surface area contributed by atoms with Gasteiger partial charge in [0.1, 0.15) is 6.10 Å². The molecular formula is C10H19NO3. The highest BCUT2D eigenvalue weighted by Crippen LogP contribution is 2.12. The summed E-state index contributed by atoms with van der Waals surface area (Å²) < 4.78 is 5.31. The van der Waals surface area contributed by atoms with Gasteiger partial charge in [-0.2, -0.15) is 0 Å². The van der Waals surface area contributed by atoms with Crippen LogP contribution in [0.5, 0.6) is 0 Å². The molecule has 1 aliphatic rings. The van der Waals surface area contributed by atoms with Crippen LogP contribution in [0.15, 0.2) is 0 Å². The first kappa shape index (κ1) is 11.5. The Morgan fingerprint density at radius 2 is 2.36 bits per heavy atom. The van der Waals surface area contributed by atoms with Gasteiger partial charge in [0.25, 0.3) is 5.91 Å². The molecule has 0 bridgehead atoms. The molecule has 0 aromatic rings. The van der Waals surface area contributed by atoms with Gasteiger partial charge >= 0.3 is 0 Å². The molecule has 4 heteroatoms. The van der Waals surface area contributed by atoms with E-state index in [1.807, 2.05) is 13.8 Å². The zero-order chi connectivity index (χ0) is 10.4. The molecule has 0 spiro atoms. The molecule has 0 aliphatic carbocycles.